The summed E-state index contributed by atoms with van der Waals surface area (Å²) in [7, 11) is 0. The van der Waals surface area contributed by atoms with Crippen LogP contribution in [0, 0.1) is 35.5 Å². The first-order valence-electron chi connectivity index (χ1n) is 29.3. The quantitative estimate of drug-likeness (QED) is 0.0683. The summed E-state index contributed by atoms with van der Waals surface area (Å²) in [6, 6.07) is 7.28. The number of rotatable bonds is 44. The van der Waals surface area contributed by atoms with E-state index in [0.717, 1.165) is 141 Å². The molecule has 0 saturated carbocycles. The van der Waals surface area contributed by atoms with Gasteiger partial charge in [-0.2, -0.15) is 0 Å². The monoisotopic (exact) mass is 981 g/mol. The van der Waals surface area contributed by atoms with Gasteiger partial charge in [-0.25, -0.2) is 4.79 Å². The summed E-state index contributed by atoms with van der Waals surface area (Å²) in [5.41, 5.74) is 1.15. The van der Waals surface area contributed by atoms with Crippen LogP contribution < -0.4 is 39.1 Å². The summed E-state index contributed by atoms with van der Waals surface area (Å²) in [6.07, 6.45) is 26.7. The molecule has 2 amide bonds. The largest absolute Gasteiger partial charge is 0.489 e. The zero-order valence-electron chi connectivity index (χ0n) is 47.3. The molecule has 0 radical (unpaired) electrons. The molecule has 0 aliphatic rings. The lowest BCUT2D eigenvalue weighted by Crippen LogP contribution is -2.21. The molecule has 2 rings (SSSR count). The van der Waals surface area contributed by atoms with E-state index in [-0.39, 0.29) is 6.03 Å². The maximum absolute atomic E-state index is 14.4. The van der Waals surface area contributed by atoms with E-state index in [4.69, 9.17) is 28.4 Å². The first-order chi connectivity index (χ1) is 34.1. The van der Waals surface area contributed by atoms with Gasteiger partial charge < -0.3 is 39.1 Å². The Morgan fingerprint density at radius 3 is 0.729 bits per heavy atom. The minimum absolute atomic E-state index is 0.389. The van der Waals surface area contributed by atoms with E-state index in [1.165, 1.54) is 12.8 Å². The molecule has 2 aromatic carbocycles. The lowest BCUT2D eigenvalue weighted by atomic mass is 10.0. The van der Waals surface area contributed by atoms with Crippen LogP contribution in [0.4, 0.5) is 16.2 Å². The second-order valence-electron chi connectivity index (χ2n) is 20.5. The molecule has 0 saturated heterocycles. The number of unbranched alkanes of at least 4 members (excludes halogenated alkanes) is 6. The van der Waals surface area contributed by atoms with E-state index in [2.05, 4.69) is 93.7 Å². The Morgan fingerprint density at radius 2 is 0.543 bits per heavy atom. The van der Waals surface area contributed by atoms with E-state index in [1.807, 2.05) is 24.3 Å². The number of amides is 2. The van der Waals surface area contributed by atoms with Crippen LogP contribution in [0.25, 0.3) is 0 Å². The van der Waals surface area contributed by atoms with Crippen molar-refractivity contribution in [3.05, 3.63) is 24.3 Å². The zero-order valence-corrected chi connectivity index (χ0v) is 47.3. The standard InChI is InChI=1S/C61H108N2O7/c1-13-25-31-47(19-7)41-65-55-37-53(38-56(66-42-48(20-8)32-26-14-2)59(55)69-45-51(23-11)35-29-17-5)62-61(64)63-54-39-57(67-43-49(21-9)33-27-15-3)60(70-46-52(24-12)36-30-18-6)58(40-54)68-44-50(22-10)34-28-16-4/h37-40,47-52H,13-36,41-46H2,1-12H3,(H2,62,63,64). The molecule has 9 nitrogen and oxygen atoms in total. The molecule has 0 aliphatic carbocycles. The highest BCUT2D eigenvalue weighted by molar-refractivity contribution is 6.00. The number of carbonyl (C=O) groups is 1. The van der Waals surface area contributed by atoms with Crippen LogP contribution in [0.5, 0.6) is 34.5 Å². The van der Waals surface area contributed by atoms with Crippen LogP contribution in [-0.4, -0.2) is 45.7 Å². The topological polar surface area (TPSA) is 96.5 Å². The van der Waals surface area contributed by atoms with Gasteiger partial charge in [-0.1, -0.05) is 199 Å². The molecule has 9 heteroatoms. The SMILES string of the molecule is CCCCC(CC)COc1cc(NC(=O)Nc2cc(OCC(CC)CCCC)c(OCC(CC)CCCC)c(OCC(CC)CCCC)c2)cc(OCC(CC)CCCC)c1OCC(CC)CCCC. The van der Waals surface area contributed by atoms with Gasteiger partial charge in [0.2, 0.25) is 11.5 Å². The van der Waals surface area contributed by atoms with E-state index in [9.17, 15) is 4.79 Å². The van der Waals surface area contributed by atoms with Crippen molar-refractivity contribution in [3.63, 3.8) is 0 Å². The molecular weight excluding hydrogens is 873 g/mol. The minimum Gasteiger partial charge on any atom is -0.489 e. The number of hydrogen-bond donors (Lipinski definition) is 2. The molecule has 0 aliphatic heterocycles. The van der Waals surface area contributed by atoms with Crippen LogP contribution >= 0.6 is 0 Å². The van der Waals surface area contributed by atoms with Gasteiger partial charge in [-0.15, -0.1) is 0 Å². The van der Waals surface area contributed by atoms with Crippen molar-refractivity contribution in [2.75, 3.05) is 50.3 Å². The molecule has 2 N–H and O–H groups in total. The molecule has 0 aromatic heterocycles. The van der Waals surface area contributed by atoms with Crippen molar-refractivity contribution in [1.29, 1.82) is 0 Å². The molecule has 0 bridgehead atoms. The normalized spacial score (nSPS) is 14.0. The third-order valence-electron chi connectivity index (χ3n) is 14.6. The predicted octanol–water partition coefficient (Wildman–Crippen LogP) is 18.9. The fourth-order valence-corrected chi connectivity index (χ4v) is 8.93. The summed E-state index contributed by atoms with van der Waals surface area (Å²) >= 11 is 0. The number of urea groups is 1. The Balaban J connectivity index is 2.74. The van der Waals surface area contributed by atoms with Crippen LogP contribution in [0.15, 0.2) is 24.3 Å². The van der Waals surface area contributed by atoms with E-state index in [1.54, 1.807) is 0 Å². The van der Waals surface area contributed by atoms with Gasteiger partial charge in [0.15, 0.2) is 23.0 Å². The summed E-state index contributed by atoms with van der Waals surface area (Å²) in [5.74, 6) is 6.16. The van der Waals surface area contributed by atoms with Crippen LogP contribution in [-0.2, 0) is 0 Å². The molecule has 0 heterocycles. The number of benzene rings is 2. The number of hydrogen-bond acceptors (Lipinski definition) is 7. The van der Waals surface area contributed by atoms with Gasteiger partial charge in [-0.05, 0) is 74.0 Å². The minimum atomic E-state index is -0.389. The van der Waals surface area contributed by atoms with Gasteiger partial charge in [0.25, 0.3) is 0 Å². The molecule has 6 unspecified atom stereocenters. The number of carbonyl (C=O) groups excluding carboxylic acids is 1. The first kappa shape index (κ1) is 62.6. The number of nitrogens with one attached hydrogen (secondary N) is 2. The smallest absolute Gasteiger partial charge is 0.323 e. The van der Waals surface area contributed by atoms with Crippen LogP contribution in [0.3, 0.4) is 0 Å². The Bertz CT molecular complexity index is 1420. The maximum Gasteiger partial charge on any atom is 0.323 e. The summed E-state index contributed by atoms with van der Waals surface area (Å²) in [4.78, 5) is 14.4. The Kier molecular flexibility index (Phi) is 35.0. The molecular formula is C61H108N2O7. The van der Waals surface area contributed by atoms with Crippen molar-refractivity contribution in [1.82, 2.24) is 0 Å². The highest BCUT2D eigenvalue weighted by Gasteiger charge is 2.24. The first-order valence-corrected chi connectivity index (χ1v) is 29.3. The molecule has 0 fully saturated rings. The molecule has 404 valence electrons. The van der Waals surface area contributed by atoms with Crippen molar-refractivity contribution in [2.45, 2.75) is 237 Å². The third-order valence-corrected chi connectivity index (χ3v) is 14.6. The van der Waals surface area contributed by atoms with E-state index in [0.29, 0.717) is 121 Å². The predicted molar refractivity (Wildman–Crippen MR) is 298 cm³/mol. The summed E-state index contributed by atoms with van der Waals surface area (Å²) in [5, 5.41) is 6.36. The Hall–Kier alpha value is -3.49. The Morgan fingerprint density at radius 1 is 0.343 bits per heavy atom. The number of anilines is 2. The molecule has 0 spiro atoms. The molecule has 6 atom stereocenters. The fourth-order valence-electron chi connectivity index (χ4n) is 8.93. The van der Waals surface area contributed by atoms with Crippen molar-refractivity contribution in [2.24, 2.45) is 35.5 Å². The van der Waals surface area contributed by atoms with Gasteiger partial charge >= 0.3 is 6.03 Å². The number of ether oxygens (including phenoxy) is 6. The molecule has 2 aromatic rings. The highest BCUT2D eigenvalue weighted by atomic mass is 16.5. The van der Waals surface area contributed by atoms with Crippen LogP contribution in [0.1, 0.15) is 237 Å². The second-order valence-corrected chi connectivity index (χ2v) is 20.5. The van der Waals surface area contributed by atoms with Crippen LogP contribution in [0.2, 0.25) is 0 Å². The zero-order chi connectivity index (χ0) is 51.4. The highest BCUT2D eigenvalue weighted by Crippen LogP contribution is 2.44. The third kappa shape index (κ3) is 24.8. The lowest BCUT2D eigenvalue weighted by Gasteiger charge is -2.24. The lowest BCUT2D eigenvalue weighted by molar-refractivity contribution is 0.180. The van der Waals surface area contributed by atoms with Crippen molar-refractivity contribution in [3.8, 4) is 34.5 Å². The van der Waals surface area contributed by atoms with Gasteiger partial charge in [0.1, 0.15) is 0 Å². The van der Waals surface area contributed by atoms with Gasteiger partial charge in [0, 0.05) is 24.3 Å². The van der Waals surface area contributed by atoms with E-state index >= 15 is 0 Å². The molecule has 70 heavy (non-hydrogen) atoms. The fraction of sp³-hybridized carbons (Fsp3) is 0.787. The summed E-state index contributed by atoms with van der Waals surface area (Å²) < 4.78 is 40.6. The summed E-state index contributed by atoms with van der Waals surface area (Å²) in [6.45, 7) is 30.3. The van der Waals surface area contributed by atoms with Gasteiger partial charge in [0.05, 0.1) is 51.0 Å². The van der Waals surface area contributed by atoms with Crippen molar-refractivity contribution < 1.29 is 33.2 Å². The Labute approximate surface area is 430 Å². The average Bonchev–Trinajstić information content (AvgIpc) is 3.37. The van der Waals surface area contributed by atoms with E-state index < -0.39 is 0 Å². The maximum atomic E-state index is 14.4. The van der Waals surface area contributed by atoms with Gasteiger partial charge in [-0.3, -0.25) is 0 Å². The second kappa shape index (κ2) is 39.1. The van der Waals surface area contributed by atoms with Crippen molar-refractivity contribution >= 4 is 17.4 Å². The average molecular weight is 982 g/mol.